The molecule has 2 atom stereocenters. The number of allylic oxidation sites excluding steroid dienone is 1. The van der Waals surface area contributed by atoms with Crippen LogP contribution < -0.4 is 15.0 Å². The maximum atomic E-state index is 13.7. The van der Waals surface area contributed by atoms with Crippen LogP contribution in [0.4, 0.5) is 11.4 Å². The van der Waals surface area contributed by atoms with Crippen LogP contribution in [0, 0.1) is 5.41 Å². The number of amides is 1. The monoisotopic (exact) mass is 446 g/mol. The summed E-state index contributed by atoms with van der Waals surface area (Å²) in [6, 6.07) is 15.1. The van der Waals surface area contributed by atoms with Crippen LogP contribution in [0.1, 0.15) is 71.9 Å². The van der Waals surface area contributed by atoms with Crippen LogP contribution in [-0.2, 0) is 9.59 Å². The van der Waals surface area contributed by atoms with E-state index in [9.17, 15) is 9.59 Å². The lowest BCUT2D eigenvalue weighted by Gasteiger charge is -2.37. The lowest BCUT2D eigenvalue weighted by atomic mass is 9.73. The topological polar surface area (TPSA) is 58.6 Å². The van der Waals surface area contributed by atoms with E-state index in [1.807, 2.05) is 62.4 Å². The number of carbonyl (C=O) groups is 2. The highest BCUT2D eigenvalue weighted by molar-refractivity contribution is 6.06. The Bertz CT molecular complexity index is 1100. The van der Waals surface area contributed by atoms with E-state index in [-0.39, 0.29) is 23.2 Å². The number of ketones is 1. The molecule has 0 radical (unpaired) electrons. The van der Waals surface area contributed by atoms with E-state index < -0.39 is 6.04 Å². The molecular formula is C28H34N2O3. The van der Waals surface area contributed by atoms with Gasteiger partial charge in [-0.2, -0.15) is 0 Å². The second kappa shape index (κ2) is 9.05. The van der Waals surface area contributed by atoms with Gasteiger partial charge in [0, 0.05) is 29.7 Å². The number of nitrogens with zero attached hydrogens (tertiary/aromatic N) is 1. The van der Waals surface area contributed by atoms with Gasteiger partial charge in [0.15, 0.2) is 5.78 Å². The number of hydrogen-bond acceptors (Lipinski definition) is 4. The maximum Gasteiger partial charge on any atom is 0.227 e. The van der Waals surface area contributed by atoms with Crippen molar-refractivity contribution >= 4 is 23.1 Å². The van der Waals surface area contributed by atoms with Crippen molar-refractivity contribution in [1.29, 1.82) is 0 Å². The van der Waals surface area contributed by atoms with E-state index in [1.165, 1.54) is 0 Å². The van der Waals surface area contributed by atoms with Gasteiger partial charge < -0.3 is 10.1 Å². The van der Waals surface area contributed by atoms with Crippen molar-refractivity contribution in [3.05, 3.63) is 65.4 Å². The van der Waals surface area contributed by atoms with E-state index in [0.717, 1.165) is 41.2 Å². The molecule has 5 heteroatoms. The Balaban J connectivity index is 2.00. The van der Waals surface area contributed by atoms with Crippen molar-refractivity contribution in [1.82, 2.24) is 0 Å². The summed E-state index contributed by atoms with van der Waals surface area (Å²) in [5, 5.41) is 3.55. The minimum atomic E-state index is -0.549. The second-order valence-corrected chi connectivity index (χ2v) is 9.87. The Morgan fingerprint density at radius 3 is 2.55 bits per heavy atom. The minimum Gasteiger partial charge on any atom is -0.490 e. The molecular weight excluding hydrogens is 412 g/mol. The maximum absolute atomic E-state index is 13.7. The Morgan fingerprint density at radius 1 is 1.12 bits per heavy atom. The molecule has 33 heavy (non-hydrogen) atoms. The quantitative estimate of drug-likeness (QED) is 0.576. The number of nitrogens with one attached hydrogen (secondary N) is 1. The van der Waals surface area contributed by atoms with E-state index in [4.69, 9.17) is 4.74 Å². The summed E-state index contributed by atoms with van der Waals surface area (Å²) in [7, 11) is 0. The zero-order valence-corrected chi connectivity index (χ0v) is 20.3. The molecule has 2 aromatic carbocycles. The predicted molar refractivity (Wildman–Crippen MR) is 132 cm³/mol. The third-order valence-corrected chi connectivity index (χ3v) is 6.59. The molecule has 1 N–H and O–H groups in total. The number of rotatable bonds is 5. The van der Waals surface area contributed by atoms with Crippen molar-refractivity contribution < 1.29 is 14.3 Å². The molecule has 0 saturated heterocycles. The van der Waals surface area contributed by atoms with Crippen LogP contribution in [0.2, 0.25) is 0 Å². The molecule has 1 aliphatic carbocycles. The molecule has 1 heterocycles. The SMILES string of the molecule is CCC(=O)N1c2ccccc2NC2=C(C(=O)CC(C)(C)C2)[C@@H]1c1ccccc1O[C@@H](C)CC. The summed E-state index contributed by atoms with van der Waals surface area (Å²) in [6.45, 7) is 10.2. The fourth-order valence-corrected chi connectivity index (χ4v) is 4.84. The number of ether oxygens (including phenoxy) is 1. The zero-order chi connectivity index (χ0) is 23.8. The largest absolute Gasteiger partial charge is 0.490 e. The molecule has 4 rings (SSSR count). The molecule has 0 spiro atoms. The fraction of sp³-hybridized carbons (Fsp3) is 0.429. The van der Waals surface area contributed by atoms with Gasteiger partial charge in [-0.3, -0.25) is 14.5 Å². The zero-order valence-electron chi connectivity index (χ0n) is 20.3. The summed E-state index contributed by atoms with van der Waals surface area (Å²) < 4.78 is 6.30. The van der Waals surface area contributed by atoms with Gasteiger partial charge in [0.1, 0.15) is 5.75 Å². The van der Waals surface area contributed by atoms with E-state index >= 15 is 0 Å². The molecule has 2 aromatic rings. The first-order chi connectivity index (χ1) is 15.8. The van der Waals surface area contributed by atoms with Gasteiger partial charge in [0.2, 0.25) is 5.91 Å². The summed E-state index contributed by atoms with van der Waals surface area (Å²) in [4.78, 5) is 29.0. The molecule has 1 aliphatic heterocycles. The predicted octanol–water partition coefficient (Wildman–Crippen LogP) is 6.42. The van der Waals surface area contributed by atoms with Crippen molar-refractivity contribution in [2.75, 3.05) is 10.2 Å². The standard InChI is InChI=1S/C28H34N2O3/c1-6-18(3)33-24-15-11-8-12-19(24)27-26-21(16-28(4,5)17-23(26)31)29-20-13-9-10-14-22(20)30(27)25(32)7-2/h8-15,18,27,29H,6-7,16-17H2,1-5H3/t18-,27-/m0/s1. The van der Waals surface area contributed by atoms with E-state index in [1.54, 1.807) is 4.90 Å². The van der Waals surface area contributed by atoms with Crippen LogP contribution in [0.5, 0.6) is 5.75 Å². The summed E-state index contributed by atoms with van der Waals surface area (Å²) >= 11 is 0. The number of Topliss-reactive ketones (excluding diaryl/α,β-unsaturated/α-hetero) is 1. The van der Waals surface area contributed by atoms with Gasteiger partial charge in [-0.25, -0.2) is 0 Å². The highest BCUT2D eigenvalue weighted by atomic mass is 16.5. The number of para-hydroxylation sites is 3. The molecule has 2 aliphatic rings. The van der Waals surface area contributed by atoms with Crippen LogP contribution in [0.25, 0.3) is 0 Å². The second-order valence-electron chi connectivity index (χ2n) is 9.87. The number of benzene rings is 2. The van der Waals surface area contributed by atoms with Crippen molar-refractivity contribution in [3.8, 4) is 5.75 Å². The number of carbonyl (C=O) groups excluding carboxylic acids is 2. The van der Waals surface area contributed by atoms with Crippen molar-refractivity contribution in [2.45, 2.75) is 72.4 Å². The third kappa shape index (κ3) is 4.41. The van der Waals surface area contributed by atoms with Crippen LogP contribution in [-0.4, -0.2) is 17.8 Å². The normalized spacial score (nSPS) is 20.3. The lowest BCUT2D eigenvalue weighted by Crippen LogP contribution is -2.39. The van der Waals surface area contributed by atoms with Gasteiger partial charge >= 0.3 is 0 Å². The first-order valence-electron chi connectivity index (χ1n) is 12.0. The smallest absolute Gasteiger partial charge is 0.227 e. The fourth-order valence-electron chi connectivity index (χ4n) is 4.84. The molecule has 0 unspecified atom stereocenters. The van der Waals surface area contributed by atoms with E-state index in [2.05, 4.69) is 26.1 Å². The van der Waals surface area contributed by atoms with Gasteiger partial charge in [0.25, 0.3) is 0 Å². The average molecular weight is 447 g/mol. The number of hydrogen-bond donors (Lipinski definition) is 1. The van der Waals surface area contributed by atoms with Gasteiger partial charge in [-0.15, -0.1) is 0 Å². The summed E-state index contributed by atoms with van der Waals surface area (Å²) in [5.74, 6) is 0.771. The summed E-state index contributed by atoms with van der Waals surface area (Å²) in [5.41, 5.74) is 3.90. The van der Waals surface area contributed by atoms with Crippen LogP contribution in [0.3, 0.4) is 0 Å². The molecule has 0 bridgehead atoms. The minimum absolute atomic E-state index is 0.0205. The average Bonchev–Trinajstić information content (AvgIpc) is 2.92. The molecule has 5 nitrogen and oxygen atoms in total. The molecule has 0 fully saturated rings. The molecule has 174 valence electrons. The lowest BCUT2D eigenvalue weighted by molar-refractivity contribution is -0.119. The van der Waals surface area contributed by atoms with Gasteiger partial charge in [0.05, 0.1) is 23.5 Å². The van der Waals surface area contributed by atoms with Crippen LogP contribution in [0.15, 0.2) is 59.8 Å². The Kier molecular flexibility index (Phi) is 6.33. The van der Waals surface area contributed by atoms with Gasteiger partial charge in [-0.1, -0.05) is 58.0 Å². The highest BCUT2D eigenvalue weighted by Crippen LogP contribution is 2.49. The molecule has 1 amide bonds. The number of fused-ring (bicyclic) bond motifs is 1. The van der Waals surface area contributed by atoms with Gasteiger partial charge in [-0.05, 0) is 43.4 Å². The third-order valence-electron chi connectivity index (χ3n) is 6.59. The number of anilines is 2. The van der Waals surface area contributed by atoms with Crippen molar-refractivity contribution in [3.63, 3.8) is 0 Å². The Morgan fingerprint density at radius 2 is 1.82 bits per heavy atom. The highest BCUT2D eigenvalue weighted by Gasteiger charge is 2.43. The first-order valence-corrected chi connectivity index (χ1v) is 12.0. The Hall–Kier alpha value is -3.08. The van der Waals surface area contributed by atoms with E-state index in [0.29, 0.717) is 18.4 Å². The first kappa shape index (κ1) is 23.1. The van der Waals surface area contributed by atoms with Crippen molar-refractivity contribution in [2.24, 2.45) is 5.41 Å². The summed E-state index contributed by atoms with van der Waals surface area (Å²) in [6.07, 6.45) is 2.40. The molecule has 0 aromatic heterocycles. The Labute approximate surface area is 196 Å². The molecule has 0 saturated carbocycles. The van der Waals surface area contributed by atoms with Crippen LogP contribution >= 0.6 is 0 Å².